The maximum absolute atomic E-state index is 12.9. The van der Waals surface area contributed by atoms with Crippen LogP contribution in [0.1, 0.15) is 10.4 Å². The van der Waals surface area contributed by atoms with E-state index in [9.17, 15) is 18.0 Å². The number of aromatic nitrogens is 2. The predicted molar refractivity (Wildman–Crippen MR) is 126 cm³/mol. The molecule has 174 valence electrons. The number of hydrogen-bond acceptors (Lipinski definition) is 10. The zero-order valence-corrected chi connectivity index (χ0v) is 20.3. The van der Waals surface area contributed by atoms with Crippen LogP contribution in [-0.2, 0) is 19.6 Å². The molecule has 0 aliphatic carbocycles. The summed E-state index contributed by atoms with van der Waals surface area (Å²) in [4.78, 5) is 23.8. The van der Waals surface area contributed by atoms with Crippen molar-refractivity contribution in [3.8, 4) is 5.75 Å². The number of esters is 1. The minimum Gasteiger partial charge on any atom is -0.497 e. The van der Waals surface area contributed by atoms with Crippen LogP contribution >= 0.6 is 23.1 Å². The van der Waals surface area contributed by atoms with Crippen molar-refractivity contribution >= 4 is 55.8 Å². The van der Waals surface area contributed by atoms with Gasteiger partial charge in [0, 0.05) is 12.6 Å². The van der Waals surface area contributed by atoms with Gasteiger partial charge in [-0.3, -0.25) is 19.2 Å². The van der Waals surface area contributed by atoms with Crippen LogP contribution in [0, 0.1) is 0 Å². The number of nitrogens with one attached hydrogen (secondary N) is 1. The highest BCUT2D eigenvalue weighted by Gasteiger charge is 2.22. The molecule has 0 aliphatic rings. The van der Waals surface area contributed by atoms with E-state index in [1.165, 1.54) is 57.7 Å². The molecular formula is C20H20N4O6S3. The quantitative estimate of drug-likeness (QED) is 0.264. The van der Waals surface area contributed by atoms with Crippen LogP contribution in [0.2, 0.25) is 0 Å². The average Bonchev–Trinajstić information content (AvgIpc) is 3.29. The number of carbonyl (C=O) groups is 2. The Morgan fingerprint density at radius 3 is 2.33 bits per heavy atom. The number of methoxy groups -OCH3 is 2. The molecular weight excluding hydrogens is 488 g/mol. The Balaban J connectivity index is 1.66. The highest BCUT2D eigenvalue weighted by molar-refractivity contribution is 8.01. The molecule has 3 aromatic rings. The maximum Gasteiger partial charge on any atom is 0.316 e. The second-order valence-electron chi connectivity index (χ2n) is 6.39. The first kappa shape index (κ1) is 24.5. The molecule has 0 unspecified atom stereocenters. The van der Waals surface area contributed by atoms with Gasteiger partial charge < -0.3 is 9.47 Å². The summed E-state index contributed by atoms with van der Waals surface area (Å²) in [5, 5.41) is 10.7. The SMILES string of the molecule is COC(=O)CSc1nnc(NC(=O)c2ccc(N(C)S(=O)(=O)c3ccc(OC)cc3)cc2)s1. The molecule has 0 saturated carbocycles. The molecule has 0 aliphatic heterocycles. The summed E-state index contributed by atoms with van der Waals surface area (Å²) in [5.41, 5.74) is 0.702. The number of amides is 1. The van der Waals surface area contributed by atoms with Gasteiger partial charge >= 0.3 is 5.97 Å². The molecule has 13 heteroatoms. The lowest BCUT2D eigenvalue weighted by Gasteiger charge is -2.20. The summed E-state index contributed by atoms with van der Waals surface area (Å²) >= 11 is 2.28. The monoisotopic (exact) mass is 508 g/mol. The molecule has 0 saturated heterocycles. The van der Waals surface area contributed by atoms with Gasteiger partial charge in [-0.2, -0.15) is 0 Å². The van der Waals surface area contributed by atoms with Crippen molar-refractivity contribution in [2.24, 2.45) is 0 Å². The van der Waals surface area contributed by atoms with E-state index < -0.39 is 15.9 Å². The molecule has 0 spiro atoms. The van der Waals surface area contributed by atoms with E-state index in [2.05, 4.69) is 20.3 Å². The fourth-order valence-electron chi connectivity index (χ4n) is 2.53. The van der Waals surface area contributed by atoms with E-state index in [0.717, 1.165) is 27.4 Å². The second-order valence-corrected chi connectivity index (χ2v) is 10.6. The first-order chi connectivity index (χ1) is 15.7. The molecule has 1 aromatic heterocycles. The summed E-state index contributed by atoms with van der Waals surface area (Å²) in [6, 6.07) is 12.2. The van der Waals surface area contributed by atoms with Gasteiger partial charge in [-0.05, 0) is 48.5 Å². The van der Waals surface area contributed by atoms with Gasteiger partial charge in [-0.25, -0.2) is 8.42 Å². The highest BCUT2D eigenvalue weighted by Crippen LogP contribution is 2.27. The number of ether oxygens (including phenoxy) is 2. The van der Waals surface area contributed by atoms with E-state index in [-0.39, 0.29) is 21.7 Å². The Morgan fingerprint density at radius 1 is 1.06 bits per heavy atom. The Hall–Kier alpha value is -3.16. The smallest absolute Gasteiger partial charge is 0.316 e. The van der Waals surface area contributed by atoms with Gasteiger partial charge in [0.25, 0.3) is 15.9 Å². The van der Waals surface area contributed by atoms with Crippen LogP contribution in [0.3, 0.4) is 0 Å². The third-order valence-corrected chi connectivity index (χ3v) is 8.12. The Labute approximate surface area is 199 Å². The topological polar surface area (TPSA) is 128 Å². The van der Waals surface area contributed by atoms with E-state index in [1.54, 1.807) is 12.1 Å². The first-order valence-corrected chi connectivity index (χ1v) is 12.6. The lowest BCUT2D eigenvalue weighted by Crippen LogP contribution is -2.26. The standard InChI is InChI=1S/C20H20N4O6S3/c1-24(33(27,28)16-10-8-15(29-2)9-11-16)14-6-4-13(5-7-14)18(26)21-19-22-23-20(32-19)31-12-17(25)30-3/h4-11H,12H2,1-3H3,(H,21,22,26). The van der Waals surface area contributed by atoms with E-state index >= 15 is 0 Å². The van der Waals surface area contributed by atoms with Crippen LogP contribution in [0.25, 0.3) is 0 Å². The molecule has 0 radical (unpaired) electrons. The molecule has 2 aromatic carbocycles. The number of benzene rings is 2. The van der Waals surface area contributed by atoms with Crippen LogP contribution < -0.4 is 14.4 Å². The third kappa shape index (κ3) is 6.00. The molecule has 0 fully saturated rings. The molecule has 1 heterocycles. The largest absolute Gasteiger partial charge is 0.497 e. The first-order valence-electron chi connectivity index (χ1n) is 9.32. The zero-order valence-electron chi connectivity index (χ0n) is 17.8. The number of sulfonamides is 1. The lowest BCUT2D eigenvalue weighted by molar-refractivity contribution is -0.137. The zero-order chi connectivity index (χ0) is 24.0. The molecule has 0 atom stereocenters. The van der Waals surface area contributed by atoms with Crippen LogP contribution in [0.5, 0.6) is 5.75 Å². The van der Waals surface area contributed by atoms with Crippen molar-refractivity contribution in [2.75, 3.05) is 36.6 Å². The van der Waals surface area contributed by atoms with Crippen molar-refractivity contribution in [3.05, 3.63) is 54.1 Å². The number of anilines is 2. The highest BCUT2D eigenvalue weighted by atomic mass is 32.2. The summed E-state index contributed by atoms with van der Waals surface area (Å²) in [7, 11) is 0.449. The minimum absolute atomic E-state index is 0.0908. The number of hydrogen-bond donors (Lipinski definition) is 1. The molecule has 10 nitrogen and oxygen atoms in total. The van der Waals surface area contributed by atoms with Crippen molar-refractivity contribution in [2.45, 2.75) is 9.24 Å². The Morgan fingerprint density at radius 2 is 1.73 bits per heavy atom. The minimum atomic E-state index is -3.78. The second kappa shape index (κ2) is 10.6. The average molecular weight is 509 g/mol. The normalized spacial score (nSPS) is 11.0. The van der Waals surface area contributed by atoms with Gasteiger partial charge in [0.15, 0.2) is 4.34 Å². The van der Waals surface area contributed by atoms with Gasteiger partial charge in [0.1, 0.15) is 5.75 Å². The molecule has 33 heavy (non-hydrogen) atoms. The lowest BCUT2D eigenvalue weighted by atomic mass is 10.2. The summed E-state index contributed by atoms with van der Waals surface area (Å²) in [6.45, 7) is 0. The van der Waals surface area contributed by atoms with E-state index in [1.807, 2.05) is 0 Å². The van der Waals surface area contributed by atoms with Gasteiger partial charge in [-0.1, -0.05) is 23.1 Å². The Kier molecular flexibility index (Phi) is 7.89. The van der Waals surface area contributed by atoms with Crippen molar-refractivity contribution < 1.29 is 27.5 Å². The fraction of sp³-hybridized carbons (Fsp3) is 0.200. The molecule has 3 rings (SSSR count). The van der Waals surface area contributed by atoms with Gasteiger partial charge in [-0.15, -0.1) is 10.2 Å². The summed E-state index contributed by atoms with van der Waals surface area (Å²) < 4.78 is 37.0. The number of nitrogens with zero attached hydrogens (tertiary/aromatic N) is 3. The molecule has 1 N–H and O–H groups in total. The number of rotatable bonds is 9. The predicted octanol–water partition coefficient (Wildman–Crippen LogP) is 2.89. The number of carbonyl (C=O) groups excluding carboxylic acids is 2. The van der Waals surface area contributed by atoms with Gasteiger partial charge in [0.2, 0.25) is 5.13 Å². The van der Waals surface area contributed by atoms with Crippen LogP contribution in [-0.4, -0.2) is 57.5 Å². The van der Waals surface area contributed by atoms with Crippen molar-refractivity contribution in [1.29, 1.82) is 0 Å². The van der Waals surface area contributed by atoms with Crippen molar-refractivity contribution in [3.63, 3.8) is 0 Å². The van der Waals surface area contributed by atoms with E-state index in [0.29, 0.717) is 21.3 Å². The third-order valence-electron chi connectivity index (χ3n) is 4.38. The van der Waals surface area contributed by atoms with Gasteiger partial charge in [0.05, 0.1) is 30.6 Å². The van der Waals surface area contributed by atoms with E-state index in [4.69, 9.17) is 4.74 Å². The van der Waals surface area contributed by atoms with Crippen LogP contribution in [0.4, 0.5) is 10.8 Å². The number of thioether (sulfide) groups is 1. The fourth-order valence-corrected chi connectivity index (χ4v) is 5.31. The van der Waals surface area contributed by atoms with Crippen LogP contribution in [0.15, 0.2) is 57.8 Å². The molecule has 0 bridgehead atoms. The summed E-state index contributed by atoms with van der Waals surface area (Å²) in [5.74, 6) is -0.174. The molecule has 1 amide bonds. The van der Waals surface area contributed by atoms with Crippen molar-refractivity contribution in [1.82, 2.24) is 10.2 Å². The Bertz CT molecular complexity index is 1230. The summed E-state index contributed by atoms with van der Waals surface area (Å²) in [6.07, 6.45) is 0. The maximum atomic E-state index is 12.9.